The molecule has 13 rings (SSSR count). The molecule has 4 heteroatoms. The molecular weight excluding hydrogens is 825 g/mol. The molecule has 0 N–H and O–H groups in total. The van der Waals surface area contributed by atoms with Crippen molar-refractivity contribution in [2.45, 2.75) is 0 Å². The van der Waals surface area contributed by atoms with Crippen LogP contribution in [0.25, 0.3) is 122 Å². The number of nitrogens with zero attached hydrogens (tertiary/aromatic N) is 4. The van der Waals surface area contributed by atoms with E-state index in [0.29, 0.717) is 5.82 Å². The van der Waals surface area contributed by atoms with E-state index in [1.54, 1.807) is 0 Å². The monoisotopic (exact) mass is 866 g/mol. The van der Waals surface area contributed by atoms with Crippen LogP contribution in [-0.4, -0.2) is 19.1 Å². The number of fused-ring (bicyclic) bond motifs is 6. The topological polar surface area (TPSA) is 35.6 Å². The number of para-hydroxylation sites is 4. The molecule has 0 spiro atoms. The molecule has 0 aliphatic carbocycles. The lowest BCUT2D eigenvalue weighted by Crippen LogP contribution is -1.99. The molecule has 0 saturated carbocycles. The van der Waals surface area contributed by atoms with Crippen LogP contribution in [0.5, 0.6) is 0 Å². The summed E-state index contributed by atoms with van der Waals surface area (Å²) in [5, 5.41) is 4.83. The van der Waals surface area contributed by atoms with Gasteiger partial charge in [-0.05, 0) is 76.9 Å². The second-order valence-corrected chi connectivity index (χ2v) is 17.3. The predicted octanol–water partition coefficient (Wildman–Crippen LogP) is 16.7. The van der Waals surface area contributed by atoms with Gasteiger partial charge in [-0.2, -0.15) is 0 Å². The molecular formula is C64H42N4. The normalized spacial score (nSPS) is 11.5. The van der Waals surface area contributed by atoms with E-state index >= 15 is 0 Å². The minimum atomic E-state index is 0.684. The molecule has 0 radical (unpaired) electrons. The Balaban J connectivity index is 1.11. The van der Waals surface area contributed by atoms with Crippen molar-refractivity contribution >= 4 is 43.6 Å². The van der Waals surface area contributed by atoms with Gasteiger partial charge in [0, 0.05) is 60.7 Å². The first-order valence-electron chi connectivity index (χ1n) is 23.2. The van der Waals surface area contributed by atoms with Crippen LogP contribution in [0.15, 0.2) is 255 Å². The van der Waals surface area contributed by atoms with E-state index in [1.165, 1.54) is 49.3 Å². The van der Waals surface area contributed by atoms with Crippen LogP contribution in [0.4, 0.5) is 0 Å². The van der Waals surface area contributed by atoms with Crippen molar-refractivity contribution in [1.29, 1.82) is 0 Å². The molecule has 0 aliphatic heterocycles. The fraction of sp³-hybridized carbons (Fsp3) is 0. The molecule has 0 fully saturated rings. The third-order valence-corrected chi connectivity index (χ3v) is 13.3. The average Bonchev–Trinajstić information content (AvgIpc) is 3.95. The summed E-state index contributed by atoms with van der Waals surface area (Å²) in [5.41, 5.74) is 18.6. The zero-order valence-electron chi connectivity index (χ0n) is 37.0. The third kappa shape index (κ3) is 6.53. The van der Waals surface area contributed by atoms with Gasteiger partial charge >= 0.3 is 0 Å². The van der Waals surface area contributed by atoms with Crippen LogP contribution >= 0.6 is 0 Å². The van der Waals surface area contributed by atoms with Crippen LogP contribution in [0.2, 0.25) is 0 Å². The molecule has 13 aromatic rings. The van der Waals surface area contributed by atoms with Gasteiger partial charge in [0.2, 0.25) is 0 Å². The molecule has 10 aromatic carbocycles. The Morgan fingerprint density at radius 2 is 0.618 bits per heavy atom. The quantitative estimate of drug-likeness (QED) is 0.153. The van der Waals surface area contributed by atoms with E-state index < -0.39 is 0 Å². The highest BCUT2D eigenvalue weighted by Crippen LogP contribution is 2.52. The first-order valence-corrected chi connectivity index (χ1v) is 23.2. The van der Waals surface area contributed by atoms with Crippen molar-refractivity contribution in [3.63, 3.8) is 0 Å². The maximum Gasteiger partial charge on any atom is 0.160 e. The second kappa shape index (κ2) is 16.4. The van der Waals surface area contributed by atoms with Crippen LogP contribution in [0, 0.1) is 0 Å². The molecule has 0 bridgehead atoms. The number of benzene rings is 10. The number of hydrogen-bond acceptors (Lipinski definition) is 2. The van der Waals surface area contributed by atoms with Gasteiger partial charge < -0.3 is 9.13 Å². The Labute approximate surface area is 394 Å². The molecule has 0 aliphatic rings. The standard InChI is InChI=1S/C64H42N4/c1-6-22-43(23-7-1)54-42-55(44-24-8-2-9-25-44)66-64(65-54)49-31-21-29-47(41-49)46-28-20-30-48(40-46)59-61-53-37-17-19-39-57(53)67(50-32-12-4-13-33-50)62(61)58(45-26-10-3-11-27-45)60-52-36-16-18-38-56(52)68(63(59)60)51-34-14-5-15-35-51/h1-42H. The summed E-state index contributed by atoms with van der Waals surface area (Å²) >= 11 is 0. The van der Waals surface area contributed by atoms with Gasteiger partial charge in [-0.15, -0.1) is 0 Å². The molecule has 0 unspecified atom stereocenters. The van der Waals surface area contributed by atoms with Crippen molar-refractivity contribution in [3.8, 4) is 78.7 Å². The summed E-state index contributed by atoms with van der Waals surface area (Å²) in [7, 11) is 0. The lowest BCUT2D eigenvalue weighted by molar-refractivity contribution is 1.17. The van der Waals surface area contributed by atoms with E-state index in [2.05, 4.69) is 252 Å². The SMILES string of the molecule is c1ccc(-c2cc(-c3ccccc3)nc(-c3cccc(-c4cccc(-c5c6c7ccccc7n(-c7ccccc7)c6c(-c6ccccc6)c6c7ccccc7n(-c7ccccc7)c56)c4)c3)n2)cc1. The molecule has 0 atom stereocenters. The molecule has 0 amide bonds. The summed E-state index contributed by atoms with van der Waals surface area (Å²) in [6, 6.07) is 91.2. The Morgan fingerprint density at radius 3 is 1.10 bits per heavy atom. The third-order valence-electron chi connectivity index (χ3n) is 13.3. The molecule has 3 aromatic heterocycles. The van der Waals surface area contributed by atoms with Gasteiger partial charge in [0.05, 0.1) is 33.5 Å². The van der Waals surface area contributed by atoms with Crippen LogP contribution in [0.1, 0.15) is 0 Å². The Bertz CT molecular complexity index is 3920. The fourth-order valence-corrected chi connectivity index (χ4v) is 10.3. The molecule has 0 saturated heterocycles. The van der Waals surface area contributed by atoms with Gasteiger partial charge in [0.1, 0.15) is 0 Å². The van der Waals surface area contributed by atoms with Crippen LogP contribution in [-0.2, 0) is 0 Å². The van der Waals surface area contributed by atoms with Crippen molar-refractivity contribution in [3.05, 3.63) is 255 Å². The maximum absolute atomic E-state index is 5.20. The van der Waals surface area contributed by atoms with Gasteiger partial charge in [-0.3, -0.25) is 0 Å². The van der Waals surface area contributed by atoms with E-state index in [-0.39, 0.29) is 0 Å². The van der Waals surface area contributed by atoms with E-state index in [0.717, 1.165) is 67.2 Å². The van der Waals surface area contributed by atoms with Crippen LogP contribution < -0.4 is 0 Å². The minimum Gasteiger partial charge on any atom is -0.309 e. The van der Waals surface area contributed by atoms with Crippen molar-refractivity contribution in [1.82, 2.24) is 19.1 Å². The van der Waals surface area contributed by atoms with Crippen molar-refractivity contribution in [2.75, 3.05) is 0 Å². The van der Waals surface area contributed by atoms with Gasteiger partial charge in [-0.25, -0.2) is 9.97 Å². The number of rotatable bonds is 8. The Kier molecular flexibility index (Phi) is 9.47. The summed E-state index contributed by atoms with van der Waals surface area (Å²) in [4.78, 5) is 10.4. The smallest absolute Gasteiger partial charge is 0.160 e. The Morgan fingerprint density at radius 1 is 0.265 bits per heavy atom. The zero-order valence-corrected chi connectivity index (χ0v) is 37.0. The summed E-state index contributed by atoms with van der Waals surface area (Å²) in [6.07, 6.45) is 0. The largest absolute Gasteiger partial charge is 0.309 e. The number of hydrogen-bond donors (Lipinski definition) is 0. The highest BCUT2D eigenvalue weighted by molar-refractivity contribution is 6.33. The van der Waals surface area contributed by atoms with Gasteiger partial charge in [0.15, 0.2) is 5.82 Å². The maximum atomic E-state index is 5.20. The van der Waals surface area contributed by atoms with Crippen molar-refractivity contribution < 1.29 is 0 Å². The average molecular weight is 867 g/mol. The molecule has 3 heterocycles. The Hall–Kier alpha value is -9.12. The summed E-state index contributed by atoms with van der Waals surface area (Å²) in [5.74, 6) is 0.684. The van der Waals surface area contributed by atoms with E-state index in [9.17, 15) is 0 Å². The minimum absolute atomic E-state index is 0.684. The highest BCUT2D eigenvalue weighted by atomic mass is 15.0. The van der Waals surface area contributed by atoms with E-state index in [4.69, 9.17) is 9.97 Å². The van der Waals surface area contributed by atoms with Crippen molar-refractivity contribution in [2.24, 2.45) is 0 Å². The summed E-state index contributed by atoms with van der Waals surface area (Å²) < 4.78 is 4.99. The zero-order chi connectivity index (χ0) is 45.0. The second-order valence-electron chi connectivity index (χ2n) is 17.3. The lowest BCUT2D eigenvalue weighted by Gasteiger charge is -2.19. The van der Waals surface area contributed by atoms with Crippen LogP contribution in [0.3, 0.4) is 0 Å². The van der Waals surface area contributed by atoms with Gasteiger partial charge in [0.25, 0.3) is 0 Å². The molecule has 68 heavy (non-hydrogen) atoms. The fourth-order valence-electron chi connectivity index (χ4n) is 10.3. The molecule has 318 valence electrons. The lowest BCUT2D eigenvalue weighted by atomic mass is 9.89. The molecule has 4 nitrogen and oxygen atoms in total. The van der Waals surface area contributed by atoms with Gasteiger partial charge in [-0.1, -0.05) is 200 Å². The van der Waals surface area contributed by atoms with E-state index in [1.807, 2.05) is 12.1 Å². The highest BCUT2D eigenvalue weighted by Gasteiger charge is 2.29. The number of aromatic nitrogens is 4. The first kappa shape index (κ1) is 39.3. The summed E-state index contributed by atoms with van der Waals surface area (Å²) in [6.45, 7) is 0. The predicted molar refractivity (Wildman–Crippen MR) is 283 cm³/mol. The first-order chi connectivity index (χ1) is 33.8.